The lowest BCUT2D eigenvalue weighted by Crippen LogP contribution is -2.49. The second-order valence-corrected chi connectivity index (χ2v) is 11.8. The normalized spacial score (nSPS) is 23.7. The number of ether oxygens (including phenoxy) is 1. The zero-order valence-corrected chi connectivity index (χ0v) is 24.3. The Morgan fingerprint density at radius 3 is 2.07 bits per heavy atom. The van der Waals surface area contributed by atoms with Crippen molar-refractivity contribution in [3.8, 4) is 33.6 Å². The fraction of sp³-hybridized carbons (Fsp3) is 0.394. The summed E-state index contributed by atoms with van der Waals surface area (Å²) in [5.74, 6) is 1.75. The van der Waals surface area contributed by atoms with Crippen molar-refractivity contribution in [1.29, 1.82) is 0 Å². The third kappa shape index (κ3) is 5.43. The van der Waals surface area contributed by atoms with Crippen LogP contribution in [0.25, 0.3) is 33.6 Å². The van der Waals surface area contributed by atoms with Gasteiger partial charge in [0.1, 0.15) is 17.7 Å². The van der Waals surface area contributed by atoms with Crippen molar-refractivity contribution in [2.75, 3.05) is 13.7 Å². The van der Waals surface area contributed by atoms with Gasteiger partial charge in [0.2, 0.25) is 5.91 Å². The number of imidazole rings is 2. The van der Waals surface area contributed by atoms with Gasteiger partial charge in [-0.15, -0.1) is 0 Å². The Bertz CT molecular complexity index is 1590. The van der Waals surface area contributed by atoms with Gasteiger partial charge in [-0.2, -0.15) is 0 Å². The van der Waals surface area contributed by atoms with Crippen molar-refractivity contribution >= 4 is 12.0 Å². The highest BCUT2D eigenvalue weighted by Crippen LogP contribution is 2.40. The number of hydrogen-bond donors (Lipinski definition) is 4. The first-order valence-corrected chi connectivity index (χ1v) is 15.3. The second kappa shape index (κ2) is 11.7. The van der Waals surface area contributed by atoms with Crippen LogP contribution in [0.15, 0.2) is 60.9 Å². The molecule has 4 atom stereocenters. The largest absolute Gasteiger partial charge is 0.453 e. The van der Waals surface area contributed by atoms with Crippen molar-refractivity contribution in [3.63, 3.8) is 0 Å². The van der Waals surface area contributed by atoms with E-state index in [2.05, 4.69) is 74.1 Å². The highest BCUT2D eigenvalue weighted by molar-refractivity contribution is 5.86. The van der Waals surface area contributed by atoms with Crippen LogP contribution in [0.5, 0.6) is 0 Å². The van der Waals surface area contributed by atoms with Crippen LogP contribution in [0.4, 0.5) is 4.79 Å². The molecular weight excluding hydrogens is 542 g/mol. The van der Waals surface area contributed by atoms with Gasteiger partial charge in [-0.3, -0.25) is 4.79 Å². The zero-order valence-electron chi connectivity index (χ0n) is 24.3. The smallest absolute Gasteiger partial charge is 0.407 e. The number of nitrogens with zero attached hydrogens (tertiary/aromatic N) is 3. The van der Waals surface area contributed by atoms with Gasteiger partial charge in [0.05, 0.1) is 43.0 Å². The monoisotopic (exact) mass is 579 g/mol. The summed E-state index contributed by atoms with van der Waals surface area (Å²) in [4.78, 5) is 43.5. The second-order valence-electron chi connectivity index (χ2n) is 11.8. The first kappa shape index (κ1) is 27.4. The number of carbonyl (C=O) groups is 2. The molecule has 5 heterocycles. The number of fused-ring (bicyclic) bond motifs is 1. The van der Waals surface area contributed by atoms with Crippen LogP contribution in [-0.4, -0.2) is 62.6 Å². The molecule has 3 fully saturated rings. The first-order valence-electron chi connectivity index (χ1n) is 15.3. The molecule has 0 saturated carbocycles. The Balaban J connectivity index is 1.04. The third-order valence-electron chi connectivity index (χ3n) is 9.18. The summed E-state index contributed by atoms with van der Waals surface area (Å²) in [5, 5.41) is 6.22. The highest BCUT2D eigenvalue weighted by atomic mass is 16.5. The fourth-order valence-electron chi connectivity index (χ4n) is 6.88. The lowest BCUT2D eigenvalue weighted by atomic mass is 10.0. The molecule has 0 spiro atoms. The molecule has 2 aromatic heterocycles. The Hall–Kier alpha value is -4.44. The summed E-state index contributed by atoms with van der Waals surface area (Å²) in [7, 11) is 1.32. The van der Waals surface area contributed by atoms with Gasteiger partial charge in [-0.05, 0) is 73.7 Å². The van der Waals surface area contributed by atoms with Gasteiger partial charge in [0.15, 0.2) is 0 Å². The highest BCUT2D eigenvalue weighted by Gasteiger charge is 2.43. The molecule has 3 saturated heterocycles. The van der Waals surface area contributed by atoms with E-state index < -0.39 is 12.1 Å². The van der Waals surface area contributed by atoms with Crippen LogP contribution in [-0.2, 0) is 9.53 Å². The number of aromatic nitrogens is 4. The number of hydrogen-bond acceptors (Lipinski definition) is 6. The Morgan fingerprint density at radius 1 is 0.814 bits per heavy atom. The Kier molecular flexibility index (Phi) is 7.44. The predicted octanol–water partition coefficient (Wildman–Crippen LogP) is 5.50. The standard InChI is InChI=1S/C33H37N7O3/c1-43-33(42)39-26-5-2-4-24-15-16-29(40(24)32(26)41)31-36-19-28(38-31)23-13-9-21(10-14-23)20-7-11-22(12-8-20)27-18-35-30(37-27)25-6-3-17-34-25/h7-14,18-19,24-26,29,34H,2-6,15-17H2,1H3,(H,35,37)(H,36,38)(H,39,42). The van der Waals surface area contributed by atoms with Crippen molar-refractivity contribution in [3.05, 3.63) is 72.6 Å². The molecule has 4 unspecified atom stereocenters. The molecule has 10 nitrogen and oxygen atoms in total. The van der Waals surface area contributed by atoms with Gasteiger partial charge < -0.3 is 30.2 Å². The molecular formula is C33H37N7O3. The van der Waals surface area contributed by atoms with E-state index in [9.17, 15) is 9.59 Å². The van der Waals surface area contributed by atoms with Crippen LogP contribution >= 0.6 is 0 Å². The van der Waals surface area contributed by atoms with Crippen LogP contribution in [0.3, 0.4) is 0 Å². The number of nitrogens with one attached hydrogen (secondary N) is 4. The summed E-state index contributed by atoms with van der Waals surface area (Å²) in [5.41, 5.74) is 6.38. The van der Waals surface area contributed by atoms with Crippen molar-refractivity contribution < 1.29 is 14.3 Å². The summed E-state index contributed by atoms with van der Waals surface area (Å²) >= 11 is 0. The third-order valence-corrected chi connectivity index (χ3v) is 9.18. The molecule has 10 heteroatoms. The molecule has 0 aliphatic carbocycles. The fourth-order valence-corrected chi connectivity index (χ4v) is 6.88. The van der Waals surface area contributed by atoms with Gasteiger partial charge in [0, 0.05) is 6.04 Å². The number of carbonyl (C=O) groups excluding carboxylic acids is 2. The minimum atomic E-state index is -0.573. The van der Waals surface area contributed by atoms with Gasteiger partial charge in [0.25, 0.3) is 0 Å². The van der Waals surface area contributed by atoms with E-state index in [-0.39, 0.29) is 18.0 Å². The molecule has 43 heavy (non-hydrogen) atoms. The molecule has 4 N–H and O–H groups in total. The van der Waals surface area contributed by atoms with E-state index >= 15 is 0 Å². The van der Waals surface area contributed by atoms with Crippen molar-refractivity contribution in [2.24, 2.45) is 0 Å². The summed E-state index contributed by atoms with van der Waals surface area (Å²) in [6, 6.07) is 16.8. The quantitative estimate of drug-likeness (QED) is 0.239. The Morgan fingerprint density at radius 2 is 1.44 bits per heavy atom. The average Bonchev–Trinajstić information content (AvgIpc) is 3.86. The number of alkyl carbamates (subject to hydrolysis) is 1. The Labute approximate surface area is 250 Å². The van der Waals surface area contributed by atoms with Crippen LogP contribution in [0.1, 0.15) is 68.7 Å². The van der Waals surface area contributed by atoms with Crippen molar-refractivity contribution in [2.45, 2.75) is 69.1 Å². The van der Waals surface area contributed by atoms with Gasteiger partial charge in [-0.1, -0.05) is 48.5 Å². The van der Waals surface area contributed by atoms with Gasteiger partial charge in [-0.25, -0.2) is 14.8 Å². The molecule has 0 radical (unpaired) electrons. The maximum absolute atomic E-state index is 13.5. The zero-order chi connectivity index (χ0) is 29.3. The van der Waals surface area contributed by atoms with Crippen molar-refractivity contribution in [1.82, 2.24) is 35.5 Å². The van der Waals surface area contributed by atoms with Crippen LogP contribution in [0.2, 0.25) is 0 Å². The number of aromatic amines is 2. The number of benzene rings is 2. The molecule has 0 bridgehead atoms. The minimum absolute atomic E-state index is 0.0532. The van der Waals surface area contributed by atoms with E-state index in [1.165, 1.54) is 13.5 Å². The number of rotatable bonds is 6. The topological polar surface area (TPSA) is 128 Å². The van der Waals surface area contributed by atoms with E-state index in [1.54, 1.807) is 0 Å². The van der Waals surface area contributed by atoms with Crippen LogP contribution in [0, 0.1) is 0 Å². The molecule has 2 amide bonds. The average molecular weight is 580 g/mol. The number of methoxy groups -OCH3 is 1. The summed E-state index contributed by atoms with van der Waals surface area (Å²) in [6.45, 7) is 1.05. The summed E-state index contributed by atoms with van der Waals surface area (Å²) in [6.07, 6.45) is 9.72. The maximum Gasteiger partial charge on any atom is 0.407 e. The number of amides is 2. The maximum atomic E-state index is 13.5. The predicted molar refractivity (Wildman–Crippen MR) is 163 cm³/mol. The first-order chi connectivity index (χ1) is 21.1. The lowest BCUT2D eigenvalue weighted by molar-refractivity contribution is -0.135. The SMILES string of the molecule is COC(=O)NC1CCCC2CCC(c3ncc(-c4ccc(-c5ccc(-c6cnc(C7CCCN7)[nH]6)cc5)cc4)[nH]3)N2C1=O. The molecule has 3 aliphatic heterocycles. The molecule has 3 aliphatic rings. The summed E-state index contributed by atoms with van der Waals surface area (Å²) < 4.78 is 4.75. The molecule has 7 rings (SSSR count). The molecule has 4 aromatic rings. The molecule has 2 aromatic carbocycles. The van der Waals surface area contributed by atoms with Gasteiger partial charge >= 0.3 is 6.09 Å². The van der Waals surface area contributed by atoms with Crippen LogP contribution < -0.4 is 10.6 Å². The van der Waals surface area contributed by atoms with E-state index in [0.29, 0.717) is 12.5 Å². The van der Waals surface area contributed by atoms with E-state index in [4.69, 9.17) is 9.72 Å². The van der Waals surface area contributed by atoms with E-state index in [1.807, 2.05) is 17.3 Å². The molecule has 222 valence electrons. The number of H-pyrrole nitrogens is 2. The minimum Gasteiger partial charge on any atom is -0.453 e. The van der Waals surface area contributed by atoms with E-state index in [0.717, 1.165) is 83.9 Å². The lowest BCUT2D eigenvalue weighted by Gasteiger charge is -2.30.